The molecule has 1 rings (SSSR count). The lowest BCUT2D eigenvalue weighted by Gasteiger charge is -2.12. The molecule has 84 valence electrons. The third kappa shape index (κ3) is 4.24. The summed E-state index contributed by atoms with van der Waals surface area (Å²) in [6.45, 7) is 5.55. The van der Waals surface area contributed by atoms with Crippen molar-refractivity contribution in [3.8, 4) is 5.75 Å². The van der Waals surface area contributed by atoms with E-state index in [0.29, 0.717) is 0 Å². The molecule has 0 radical (unpaired) electrons. The Morgan fingerprint density at radius 3 is 2.47 bits per heavy atom. The normalized spacial score (nSPS) is 12.2. The number of nitrogens with one attached hydrogen (secondary N) is 1. The van der Waals surface area contributed by atoms with Gasteiger partial charge in [0.2, 0.25) is 0 Å². The lowest BCUT2D eigenvalue weighted by atomic mass is 10.1. The fraction of sp³-hybridized carbons (Fsp3) is 0.538. The molecular formula is C13H21NO. The van der Waals surface area contributed by atoms with Crippen LogP contribution in [0, 0.1) is 5.92 Å². The summed E-state index contributed by atoms with van der Waals surface area (Å²) < 4.78 is 5.11. The van der Waals surface area contributed by atoms with Gasteiger partial charge >= 0.3 is 0 Å². The van der Waals surface area contributed by atoms with Crippen LogP contribution in [-0.4, -0.2) is 13.7 Å². The summed E-state index contributed by atoms with van der Waals surface area (Å²) in [4.78, 5) is 0. The first-order chi connectivity index (χ1) is 7.26. The Morgan fingerprint density at radius 1 is 1.27 bits per heavy atom. The van der Waals surface area contributed by atoms with Gasteiger partial charge in [-0.1, -0.05) is 20.3 Å². The number of methoxy groups -OCH3 is 1. The fourth-order valence-electron chi connectivity index (χ4n) is 1.60. The lowest BCUT2D eigenvalue weighted by molar-refractivity contribution is 0.415. The van der Waals surface area contributed by atoms with E-state index in [2.05, 4.69) is 31.3 Å². The third-order valence-electron chi connectivity index (χ3n) is 2.53. The predicted octanol–water partition coefficient (Wildman–Crippen LogP) is 3.54. The second kappa shape index (κ2) is 6.33. The van der Waals surface area contributed by atoms with Crippen LogP contribution >= 0.6 is 0 Å². The summed E-state index contributed by atoms with van der Waals surface area (Å²) in [5.74, 6) is 1.64. The van der Waals surface area contributed by atoms with Crippen LogP contribution in [0.4, 0.5) is 5.69 Å². The summed E-state index contributed by atoms with van der Waals surface area (Å²) in [7, 11) is 1.69. The average molecular weight is 207 g/mol. The molecule has 1 N–H and O–H groups in total. The fourth-order valence-corrected chi connectivity index (χ4v) is 1.60. The molecule has 0 saturated heterocycles. The van der Waals surface area contributed by atoms with Gasteiger partial charge in [0.25, 0.3) is 0 Å². The minimum Gasteiger partial charge on any atom is -0.497 e. The average Bonchev–Trinajstić information content (AvgIpc) is 2.27. The monoisotopic (exact) mass is 207 g/mol. The SMILES string of the molecule is CCC[C@H](C)CNc1ccc(OC)cc1. The van der Waals surface area contributed by atoms with Gasteiger partial charge in [0.05, 0.1) is 7.11 Å². The molecule has 0 spiro atoms. The van der Waals surface area contributed by atoms with Crippen LogP contribution in [0.15, 0.2) is 24.3 Å². The zero-order chi connectivity index (χ0) is 11.1. The van der Waals surface area contributed by atoms with Crippen molar-refractivity contribution in [1.29, 1.82) is 0 Å². The van der Waals surface area contributed by atoms with Crippen molar-refractivity contribution in [2.45, 2.75) is 26.7 Å². The van der Waals surface area contributed by atoms with Crippen LogP contribution < -0.4 is 10.1 Å². The second-order valence-corrected chi connectivity index (χ2v) is 4.00. The van der Waals surface area contributed by atoms with Crippen molar-refractivity contribution >= 4 is 5.69 Å². The molecule has 0 heterocycles. The van der Waals surface area contributed by atoms with Crippen LogP contribution in [0.25, 0.3) is 0 Å². The number of benzene rings is 1. The highest BCUT2D eigenvalue weighted by Gasteiger charge is 2.00. The molecule has 0 saturated carbocycles. The van der Waals surface area contributed by atoms with Gasteiger partial charge in [0.15, 0.2) is 0 Å². The van der Waals surface area contributed by atoms with Crippen LogP contribution in [-0.2, 0) is 0 Å². The molecule has 2 heteroatoms. The first-order valence-corrected chi connectivity index (χ1v) is 5.64. The number of hydrogen-bond acceptors (Lipinski definition) is 2. The van der Waals surface area contributed by atoms with Crippen molar-refractivity contribution in [3.63, 3.8) is 0 Å². The molecule has 15 heavy (non-hydrogen) atoms. The van der Waals surface area contributed by atoms with E-state index in [1.165, 1.54) is 18.5 Å². The predicted molar refractivity (Wildman–Crippen MR) is 65.6 cm³/mol. The molecule has 1 aromatic carbocycles. The molecule has 0 fully saturated rings. The summed E-state index contributed by atoms with van der Waals surface area (Å²) >= 11 is 0. The minimum absolute atomic E-state index is 0.733. The zero-order valence-electron chi connectivity index (χ0n) is 9.92. The van der Waals surface area contributed by atoms with Gasteiger partial charge in [-0.2, -0.15) is 0 Å². The minimum atomic E-state index is 0.733. The summed E-state index contributed by atoms with van der Waals surface area (Å²) in [6, 6.07) is 8.06. The van der Waals surface area contributed by atoms with Crippen LogP contribution in [0.1, 0.15) is 26.7 Å². The van der Waals surface area contributed by atoms with Gasteiger partial charge in [0, 0.05) is 12.2 Å². The van der Waals surface area contributed by atoms with E-state index >= 15 is 0 Å². The second-order valence-electron chi connectivity index (χ2n) is 4.00. The summed E-state index contributed by atoms with van der Waals surface area (Å²) in [5.41, 5.74) is 1.17. The third-order valence-corrected chi connectivity index (χ3v) is 2.53. The van der Waals surface area contributed by atoms with E-state index < -0.39 is 0 Å². The van der Waals surface area contributed by atoms with Crippen molar-refractivity contribution in [3.05, 3.63) is 24.3 Å². The van der Waals surface area contributed by atoms with Gasteiger partial charge in [-0.05, 0) is 36.6 Å². The first kappa shape index (κ1) is 11.9. The van der Waals surface area contributed by atoms with Gasteiger partial charge in [-0.3, -0.25) is 0 Å². The van der Waals surface area contributed by atoms with Crippen molar-refractivity contribution in [2.75, 3.05) is 19.0 Å². The van der Waals surface area contributed by atoms with Gasteiger partial charge in [-0.15, -0.1) is 0 Å². The Morgan fingerprint density at radius 2 is 1.93 bits per heavy atom. The highest BCUT2D eigenvalue weighted by molar-refractivity contribution is 5.46. The topological polar surface area (TPSA) is 21.3 Å². The Balaban J connectivity index is 2.37. The largest absolute Gasteiger partial charge is 0.497 e. The molecule has 0 unspecified atom stereocenters. The summed E-state index contributed by atoms with van der Waals surface area (Å²) in [5, 5.41) is 3.42. The molecule has 1 atom stereocenters. The standard InChI is InChI=1S/C13H21NO/c1-4-5-11(2)10-14-12-6-8-13(15-3)9-7-12/h6-9,11,14H,4-5,10H2,1-3H3/t11-/m0/s1. The maximum Gasteiger partial charge on any atom is 0.119 e. The molecule has 0 aliphatic heterocycles. The highest BCUT2D eigenvalue weighted by Crippen LogP contribution is 2.15. The Kier molecular flexibility index (Phi) is 5.02. The van der Waals surface area contributed by atoms with Crippen molar-refractivity contribution in [2.24, 2.45) is 5.92 Å². The number of ether oxygens (including phenoxy) is 1. The Bertz CT molecular complexity index is 268. The molecular weight excluding hydrogens is 186 g/mol. The molecule has 0 aliphatic carbocycles. The maximum atomic E-state index is 5.11. The van der Waals surface area contributed by atoms with Crippen LogP contribution in [0.3, 0.4) is 0 Å². The van der Waals surface area contributed by atoms with Gasteiger partial charge in [-0.25, -0.2) is 0 Å². The molecule has 0 aliphatic rings. The maximum absolute atomic E-state index is 5.11. The van der Waals surface area contributed by atoms with Gasteiger partial charge in [0.1, 0.15) is 5.75 Å². The Labute approximate surface area is 92.6 Å². The van der Waals surface area contributed by atoms with E-state index in [1.54, 1.807) is 7.11 Å². The quantitative estimate of drug-likeness (QED) is 0.770. The van der Waals surface area contributed by atoms with E-state index in [-0.39, 0.29) is 0 Å². The van der Waals surface area contributed by atoms with Crippen LogP contribution in [0.2, 0.25) is 0 Å². The first-order valence-electron chi connectivity index (χ1n) is 5.64. The number of anilines is 1. The highest BCUT2D eigenvalue weighted by atomic mass is 16.5. The molecule has 0 aromatic heterocycles. The lowest BCUT2D eigenvalue weighted by Crippen LogP contribution is -2.10. The van der Waals surface area contributed by atoms with Gasteiger partial charge < -0.3 is 10.1 Å². The van der Waals surface area contributed by atoms with Crippen molar-refractivity contribution in [1.82, 2.24) is 0 Å². The molecule has 0 bridgehead atoms. The van der Waals surface area contributed by atoms with Crippen LogP contribution in [0.5, 0.6) is 5.75 Å². The van der Waals surface area contributed by atoms with E-state index in [4.69, 9.17) is 4.74 Å². The molecule has 1 aromatic rings. The van der Waals surface area contributed by atoms with E-state index in [0.717, 1.165) is 18.2 Å². The summed E-state index contributed by atoms with van der Waals surface area (Å²) in [6.07, 6.45) is 2.54. The smallest absolute Gasteiger partial charge is 0.119 e. The van der Waals surface area contributed by atoms with E-state index in [1.807, 2.05) is 12.1 Å². The van der Waals surface area contributed by atoms with Crippen molar-refractivity contribution < 1.29 is 4.74 Å². The molecule has 0 amide bonds. The number of hydrogen-bond donors (Lipinski definition) is 1. The van der Waals surface area contributed by atoms with E-state index in [9.17, 15) is 0 Å². The zero-order valence-corrected chi connectivity index (χ0v) is 9.92. The molecule has 2 nitrogen and oxygen atoms in total. The number of rotatable bonds is 6. The Hall–Kier alpha value is -1.18.